The third-order valence-electron chi connectivity index (χ3n) is 4.63. The van der Waals surface area contributed by atoms with Crippen LogP contribution in [-0.2, 0) is 24.6 Å². The van der Waals surface area contributed by atoms with E-state index in [-0.39, 0.29) is 23.8 Å². The zero-order valence-corrected chi connectivity index (χ0v) is 20.0. The zero-order valence-electron chi connectivity index (χ0n) is 18.4. The summed E-state index contributed by atoms with van der Waals surface area (Å²) in [6, 6.07) is 13.4. The number of benzene rings is 2. The van der Waals surface area contributed by atoms with Gasteiger partial charge in [0.1, 0.15) is 6.61 Å². The number of hydrogen-bond acceptors (Lipinski definition) is 7. The molecule has 176 valence electrons. The molecule has 0 aliphatic heterocycles. The quantitative estimate of drug-likeness (QED) is 0.503. The molecule has 2 rings (SSSR count). The highest BCUT2D eigenvalue weighted by atomic mass is 32.2. The molecular weight excluding hydrogens is 454 g/mol. The summed E-state index contributed by atoms with van der Waals surface area (Å²) in [6.45, 7) is 4.97. The second-order valence-corrected chi connectivity index (χ2v) is 11.1. The molecule has 2 aromatic rings. The molecule has 0 atom stereocenters. The number of ether oxygens (including phenoxy) is 1. The third-order valence-corrected chi connectivity index (χ3v) is 7.05. The number of likely N-dealkylation sites (N-methyl/N-ethyl adjacent to an activating group) is 1. The van der Waals surface area contributed by atoms with Crippen molar-refractivity contribution in [2.24, 2.45) is 0 Å². The molecule has 0 heterocycles. The average Bonchev–Trinajstić information content (AvgIpc) is 2.72. The molecule has 32 heavy (non-hydrogen) atoms. The number of carbonyl (C=O) groups excluding carboxylic acids is 1. The van der Waals surface area contributed by atoms with E-state index < -0.39 is 26.0 Å². The van der Waals surface area contributed by atoms with Gasteiger partial charge in [-0.05, 0) is 49.7 Å². The summed E-state index contributed by atoms with van der Waals surface area (Å²) in [5.41, 5.74) is 2.20. The van der Waals surface area contributed by atoms with Crippen LogP contribution >= 0.6 is 0 Å². The molecule has 0 aliphatic rings. The van der Waals surface area contributed by atoms with Gasteiger partial charge < -0.3 is 9.64 Å². The van der Waals surface area contributed by atoms with Crippen molar-refractivity contribution in [2.45, 2.75) is 18.7 Å². The molecule has 11 heteroatoms. The van der Waals surface area contributed by atoms with Crippen LogP contribution in [0.2, 0.25) is 0 Å². The van der Waals surface area contributed by atoms with Gasteiger partial charge in [-0.2, -0.15) is 0 Å². The molecular formula is C21H29N3O6S2. The second kappa shape index (κ2) is 11.3. The Hall–Kier alpha value is -2.63. The summed E-state index contributed by atoms with van der Waals surface area (Å²) in [5, 5.41) is 2.62. The minimum atomic E-state index is -3.53. The summed E-state index contributed by atoms with van der Waals surface area (Å²) in [5.74, 6) is -0.310. The van der Waals surface area contributed by atoms with E-state index >= 15 is 0 Å². The number of sulfonamides is 1. The Morgan fingerprint density at radius 2 is 1.75 bits per heavy atom. The van der Waals surface area contributed by atoms with Gasteiger partial charge in [0.25, 0.3) is 0 Å². The molecule has 9 nitrogen and oxygen atoms in total. The van der Waals surface area contributed by atoms with E-state index in [1.807, 2.05) is 30.9 Å². The van der Waals surface area contributed by atoms with Gasteiger partial charge in [0.2, 0.25) is 10.0 Å². The number of aryl methyl sites for hydroxylation is 1. The number of carbonyl (C=O) groups is 1. The molecule has 0 fully saturated rings. The van der Waals surface area contributed by atoms with Crippen LogP contribution in [0.25, 0.3) is 0 Å². The van der Waals surface area contributed by atoms with E-state index in [1.54, 1.807) is 24.3 Å². The van der Waals surface area contributed by atoms with Crippen LogP contribution in [-0.4, -0.2) is 61.2 Å². The highest BCUT2D eigenvalue weighted by molar-refractivity contribution is 7.91. The Labute approximate surface area is 189 Å². The first-order chi connectivity index (χ1) is 15.0. The maximum absolute atomic E-state index is 12.2. The summed E-state index contributed by atoms with van der Waals surface area (Å²) in [4.78, 5) is 14.3. The largest absolute Gasteiger partial charge is 0.448 e. The first-order valence-electron chi connectivity index (χ1n) is 10.0. The Morgan fingerprint density at radius 3 is 2.34 bits per heavy atom. The van der Waals surface area contributed by atoms with E-state index in [2.05, 4.69) is 10.0 Å². The van der Waals surface area contributed by atoms with Gasteiger partial charge in [-0.1, -0.05) is 18.2 Å². The highest BCUT2D eigenvalue weighted by Gasteiger charge is 2.15. The Balaban J connectivity index is 1.90. The number of hydrogen-bond donors (Lipinski definition) is 2. The lowest BCUT2D eigenvalue weighted by Crippen LogP contribution is -2.34. The molecule has 0 aromatic heterocycles. The molecule has 2 N–H and O–H groups in total. The van der Waals surface area contributed by atoms with Crippen LogP contribution in [0.1, 0.15) is 12.5 Å². The van der Waals surface area contributed by atoms with E-state index in [9.17, 15) is 21.6 Å². The fourth-order valence-electron chi connectivity index (χ4n) is 2.96. The van der Waals surface area contributed by atoms with Crippen LogP contribution in [0.3, 0.4) is 0 Å². The van der Waals surface area contributed by atoms with Crippen LogP contribution in [0.15, 0.2) is 53.4 Å². The molecule has 0 spiro atoms. The topological polar surface area (TPSA) is 122 Å². The van der Waals surface area contributed by atoms with Crippen LogP contribution in [0, 0.1) is 6.92 Å². The smallest absolute Gasteiger partial charge is 0.411 e. The van der Waals surface area contributed by atoms with Crippen LogP contribution in [0.5, 0.6) is 0 Å². The lowest BCUT2D eigenvalue weighted by atomic mass is 10.1. The molecule has 0 aliphatic carbocycles. The normalized spacial score (nSPS) is 11.7. The third kappa shape index (κ3) is 8.13. The van der Waals surface area contributed by atoms with Gasteiger partial charge in [0.05, 0.1) is 16.9 Å². The number of rotatable bonds is 11. The maximum atomic E-state index is 12.2. The first kappa shape index (κ1) is 25.6. The van der Waals surface area contributed by atoms with Gasteiger partial charge in [-0.25, -0.2) is 26.4 Å². The number of nitrogens with one attached hydrogen (secondary N) is 2. The van der Waals surface area contributed by atoms with E-state index in [1.165, 1.54) is 12.1 Å². The van der Waals surface area contributed by atoms with Crippen molar-refractivity contribution < 1.29 is 26.4 Å². The standard InChI is InChI=1S/C21H29N3O6S2/c1-4-24(13-12-22-31(3,26)27)18-10-11-20(17(2)16-18)23-21(25)30-14-15-32(28,29)19-8-6-5-7-9-19/h5-11,16,22H,4,12-15H2,1-3H3,(H,23,25). The molecule has 0 unspecified atom stereocenters. The predicted octanol–water partition coefficient (Wildman–Crippen LogP) is 2.39. The van der Waals surface area contributed by atoms with E-state index in [0.29, 0.717) is 18.8 Å². The van der Waals surface area contributed by atoms with Crippen molar-refractivity contribution in [3.8, 4) is 0 Å². The molecule has 0 saturated carbocycles. The maximum Gasteiger partial charge on any atom is 0.411 e. The average molecular weight is 484 g/mol. The first-order valence-corrected chi connectivity index (χ1v) is 13.6. The second-order valence-electron chi connectivity index (χ2n) is 7.14. The monoisotopic (exact) mass is 483 g/mol. The van der Waals surface area contributed by atoms with E-state index in [4.69, 9.17) is 4.74 Å². The zero-order chi connectivity index (χ0) is 23.8. The van der Waals surface area contributed by atoms with Gasteiger partial charge in [0, 0.05) is 31.0 Å². The lowest BCUT2D eigenvalue weighted by Gasteiger charge is -2.24. The van der Waals surface area contributed by atoms with Crippen LogP contribution in [0.4, 0.5) is 16.2 Å². The highest BCUT2D eigenvalue weighted by Crippen LogP contribution is 2.23. The Bertz CT molecular complexity index is 1120. The number of nitrogens with zero attached hydrogens (tertiary/aromatic N) is 1. The summed E-state index contributed by atoms with van der Waals surface area (Å²) in [7, 11) is -6.77. The summed E-state index contributed by atoms with van der Waals surface area (Å²) < 4.78 is 54.4. The fourth-order valence-corrected chi connectivity index (χ4v) is 4.53. The van der Waals surface area contributed by atoms with Crippen molar-refractivity contribution in [1.82, 2.24) is 4.72 Å². The molecule has 2 aromatic carbocycles. The van der Waals surface area contributed by atoms with Gasteiger partial charge >= 0.3 is 6.09 Å². The fraction of sp³-hybridized carbons (Fsp3) is 0.381. The Kier molecular flexibility index (Phi) is 9.05. The Morgan fingerprint density at radius 1 is 1.06 bits per heavy atom. The van der Waals surface area contributed by atoms with Crippen molar-refractivity contribution >= 4 is 37.3 Å². The number of anilines is 2. The van der Waals surface area contributed by atoms with Crippen molar-refractivity contribution in [3.05, 3.63) is 54.1 Å². The molecule has 1 amide bonds. The van der Waals surface area contributed by atoms with Gasteiger partial charge in [0.15, 0.2) is 9.84 Å². The summed E-state index contributed by atoms with van der Waals surface area (Å²) in [6.07, 6.45) is 0.373. The van der Waals surface area contributed by atoms with Crippen molar-refractivity contribution in [3.63, 3.8) is 0 Å². The minimum Gasteiger partial charge on any atom is -0.448 e. The lowest BCUT2D eigenvalue weighted by molar-refractivity contribution is 0.168. The van der Waals surface area contributed by atoms with Gasteiger partial charge in [-0.15, -0.1) is 0 Å². The van der Waals surface area contributed by atoms with Crippen LogP contribution < -0.4 is 14.9 Å². The molecule has 0 radical (unpaired) electrons. The van der Waals surface area contributed by atoms with Gasteiger partial charge in [-0.3, -0.25) is 5.32 Å². The summed E-state index contributed by atoms with van der Waals surface area (Å²) >= 11 is 0. The van der Waals surface area contributed by atoms with E-state index in [0.717, 1.165) is 17.5 Å². The number of sulfone groups is 1. The number of amides is 1. The predicted molar refractivity (Wildman–Crippen MR) is 125 cm³/mol. The van der Waals surface area contributed by atoms with Crippen molar-refractivity contribution in [2.75, 3.05) is 48.5 Å². The SMILES string of the molecule is CCN(CCNS(C)(=O)=O)c1ccc(NC(=O)OCCS(=O)(=O)c2ccccc2)c(C)c1. The van der Waals surface area contributed by atoms with Crippen molar-refractivity contribution in [1.29, 1.82) is 0 Å². The minimum absolute atomic E-state index is 0.183. The molecule has 0 bridgehead atoms. The molecule has 0 saturated heterocycles.